The fourth-order valence-electron chi connectivity index (χ4n) is 3.28. The number of nitrogens with one attached hydrogen (secondary N) is 2. The van der Waals surface area contributed by atoms with E-state index in [0.29, 0.717) is 25.9 Å². The molecule has 0 unspecified atom stereocenters. The number of hydrogen-bond acceptors (Lipinski definition) is 5. The molecular weight excluding hydrogens is 342 g/mol. The minimum absolute atomic E-state index is 0.0348. The summed E-state index contributed by atoms with van der Waals surface area (Å²) < 4.78 is 23.0. The topological polar surface area (TPSA) is 108 Å². The molecule has 4 heterocycles. The van der Waals surface area contributed by atoms with Crippen molar-refractivity contribution in [1.82, 2.24) is 25.2 Å². The molecule has 2 aliphatic rings. The number of carbonyl (C=O) groups is 1. The van der Waals surface area contributed by atoms with Crippen LogP contribution in [0, 0.1) is 0 Å². The summed E-state index contributed by atoms with van der Waals surface area (Å²) >= 11 is 0. The van der Waals surface area contributed by atoms with Crippen molar-refractivity contribution in [2.24, 2.45) is 0 Å². The number of nitrogens with zero attached hydrogens (tertiary/aromatic N) is 3. The molecule has 4 rings (SSSR count). The lowest BCUT2D eigenvalue weighted by Crippen LogP contribution is -2.47. The number of rotatable bonds is 2. The number of amides is 2. The van der Waals surface area contributed by atoms with Gasteiger partial charge in [-0.2, -0.15) is 0 Å². The van der Waals surface area contributed by atoms with Gasteiger partial charge in [0.15, 0.2) is 9.84 Å². The summed E-state index contributed by atoms with van der Waals surface area (Å²) in [6.45, 7) is 1.00. The van der Waals surface area contributed by atoms with Crippen molar-refractivity contribution in [1.29, 1.82) is 0 Å². The van der Waals surface area contributed by atoms with Gasteiger partial charge < -0.3 is 15.2 Å². The highest BCUT2D eigenvalue weighted by molar-refractivity contribution is 7.91. The quantitative estimate of drug-likeness (QED) is 0.820. The fourth-order valence-corrected chi connectivity index (χ4v) is 4.95. The summed E-state index contributed by atoms with van der Waals surface area (Å²) in [7, 11) is -3.00. The first-order chi connectivity index (χ1) is 12.0. The largest absolute Gasteiger partial charge is 0.340 e. The van der Waals surface area contributed by atoms with E-state index >= 15 is 0 Å². The van der Waals surface area contributed by atoms with Crippen LogP contribution in [0.25, 0.3) is 11.4 Å². The van der Waals surface area contributed by atoms with Crippen molar-refractivity contribution in [3.8, 4) is 11.4 Å². The van der Waals surface area contributed by atoms with Crippen molar-refractivity contribution in [3.63, 3.8) is 0 Å². The Hall–Kier alpha value is -2.42. The maximum Gasteiger partial charge on any atom is 0.318 e. The van der Waals surface area contributed by atoms with E-state index in [0.717, 1.165) is 22.8 Å². The zero-order valence-corrected chi connectivity index (χ0v) is 14.4. The first kappa shape index (κ1) is 16.1. The number of aromatic amines is 1. The Kier molecular flexibility index (Phi) is 3.95. The van der Waals surface area contributed by atoms with Crippen LogP contribution < -0.4 is 5.32 Å². The van der Waals surface area contributed by atoms with Crippen LogP contribution in [-0.4, -0.2) is 58.4 Å². The summed E-state index contributed by atoms with van der Waals surface area (Å²) in [5.41, 5.74) is 2.79. The molecule has 1 fully saturated rings. The number of fused-ring (bicyclic) bond motifs is 1. The number of aromatic nitrogens is 3. The molecular formula is C16H19N5O3S. The lowest BCUT2D eigenvalue weighted by Gasteiger charge is -2.27. The van der Waals surface area contributed by atoms with E-state index in [4.69, 9.17) is 0 Å². The number of pyridine rings is 1. The standard InChI is InChI=1S/C16H19N5O3S/c22-16(18-12-4-7-25(23,24)10-12)21-6-3-13-14(9-21)20-15(19-13)11-2-1-5-17-8-11/h1-2,5,8,12H,3-4,6-7,9-10H2,(H,18,22)(H,19,20)/t12-/m1/s1. The third-order valence-electron chi connectivity index (χ3n) is 4.61. The molecule has 1 saturated heterocycles. The molecule has 25 heavy (non-hydrogen) atoms. The van der Waals surface area contributed by atoms with Crippen molar-refractivity contribution in [2.75, 3.05) is 18.1 Å². The molecule has 8 nitrogen and oxygen atoms in total. The molecule has 2 aromatic rings. The molecule has 0 aliphatic carbocycles. The molecule has 1 atom stereocenters. The maximum absolute atomic E-state index is 12.4. The van der Waals surface area contributed by atoms with Crippen LogP contribution in [0.2, 0.25) is 0 Å². The zero-order valence-electron chi connectivity index (χ0n) is 13.6. The Morgan fingerprint density at radius 2 is 2.28 bits per heavy atom. The second-order valence-electron chi connectivity index (χ2n) is 6.47. The summed E-state index contributed by atoms with van der Waals surface area (Å²) in [6.07, 6.45) is 4.61. The Bertz CT molecular complexity index is 894. The first-order valence-electron chi connectivity index (χ1n) is 8.24. The van der Waals surface area contributed by atoms with E-state index in [1.807, 2.05) is 12.1 Å². The van der Waals surface area contributed by atoms with Gasteiger partial charge in [0.25, 0.3) is 0 Å². The normalized spacial score (nSPS) is 21.8. The molecule has 0 aromatic carbocycles. The molecule has 2 amide bonds. The monoisotopic (exact) mass is 361 g/mol. The highest BCUT2D eigenvalue weighted by atomic mass is 32.2. The molecule has 2 aromatic heterocycles. The Morgan fingerprint density at radius 1 is 1.40 bits per heavy atom. The average Bonchev–Trinajstić information content (AvgIpc) is 3.17. The maximum atomic E-state index is 12.4. The van der Waals surface area contributed by atoms with Gasteiger partial charge in [-0.1, -0.05) is 0 Å². The van der Waals surface area contributed by atoms with Crippen molar-refractivity contribution in [3.05, 3.63) is 35.9 Å². The fraction of sp³-hybridized carbons (Fsp3) is 0.438. The van der Waals surface area contributed by atoms with Gasteiger partial charge in [-0.3, -0.25) is 4.98 Å². The van der Waals surface area contributed by atoms with Crippen LogP contribution in [0.1, 0.15) is 17.8 Å². The number of hydrogen-bond donors (Lipinski definition) is 2. The number of H-pyrrole nitrogens is 1. The number of imidazole rings is 1. The lowest BCUT2D eigenvalue weighted by molar-refractivity contribution is 0.188. The summed E-state index contributed by atoms with van der Waals surface area (Å²) in [6, 6.07) is 3.28. The minimum Gasteiger partial charge on any atom is -0.340 e. The molecule has 0 saturated carbocycles. The lowest BCUT2D eigenvalue weighted by atomic mass is 10.1. The smallest absolute Gasteiger partial charge is 0.318 e. The van der Waals surface area contributed by atoms with Gasteiger partial charge >= 0.3 is 6.03 Å². The van der Waals surface area contributed by atoms with Crippen LogP contribution >= 0.6 is 0 Å². The van der Waals surface area contributed by atoms with E-state index in [9.17, 15) is 13.2 Å². The van der Waals surface area contributed by atoms with Crippen molar-refractivity contribution < 1.29 is 13.2 Å². The predicted molar refractivity (Wildman–Crippen MR) is 91.5 cm³/mol. The van der Waals surface area contributed by atoms with Crippen molar-refractivity contribution >= 4 is 15.9 Å². The van der Waals surface area contributed by atoms with Gasteiger partial charge in [0.05, 0.1) is 29.4 Å². The third-order valence-corrected chi connectivity index (χ3v) is 6.38. The highest BCUT2D eigenvalue weighted by Crippen LogP contribution is 2.22. The molecule has 2 aliphatic heterocycles. The van der Waals surface area contributed by atoms with Gasteiger partial charge in [0.1, 0.15) is 5.82 Å². The van der Waals surface area contributed by atoms with Crippen LogP contribution in [0.3, 0.4) is 0 Å². The number of urea groups is 1. The summed E-state index contributed by atoms with van der Waals surface area (Å²) in [4.78, 5) is 26.1. The van der Waals surface area contributed by atoms with E-state index in [2.05, 4.69) is 20.3 Å². The summed E-state index contributed by atoms with van der Waals surface area (Å²) in [5, 5.41) is 2.84. The van der Waals surface area contributed by atoms with Gasteiger partial charge in [-0.15, -0.1) is 0 Å². The SMILES string of the molecule is O=C(N[C@@H]1CCS(=O)(=O)C1)N1CCc2nc(-c3cccnc3)[nH]c2C1. The number of sulfone groups is 1. The second kappa shape index (κ2) is 6.14. The Labute approximate surface area is 145 Å². The molecule has 0 bridgehead atoms. The van der Waals surface area contributed by atoms with E-state index in [1.54, 1.807) is 17.3 Å². The zero-order chi connectivity index (χ0) is 17.4. The van der Waals surface area contributed by atoms with Gasteiger partial charge in [-0.05, 0) is 18.6 Å². The average molecular weight is 361 g/mol. The van der Waals surface area contributed by atoms with Gasteiger partial charge in [0.2, 0.25) is 0 Å². The minimum atomic E-state index is -3.00. The van der Waals surface area contributed by atoms with E-state index in [-0.39, 0.29) is 23.6 Å². The van der Waals surface area contributed by atoms with E-state index < -0.39 is 9.84 Å². The highest BCUT2D eigenvalue weighted by Gasteiger charge is 2.31. The van der Waals surface area contributed by atoms with Crippen LogP contribution in [0.5, 0.6) is 0 Å². The third kappa shape index (κ3) is 3.37. The number of carbonyl (C=O) groups excluding carboxylic acids is 1. The molecule has 9 heteroatoms. The molecule has 2 N–H and O–H groups in total. The van der Waals surface area contributed by atoms with E-state index in [1.165, 1.54) is 0 Å². The first-order valence-corrected chi connectivity index (χ1v) is 10.1. The van der Waals surface area contributed by atoms with Gasteiger partial charge in [-0.25, -0.2) is 18.2 Å². The van der Waals surface area contributed by atoms with Crippen LogP contribution in [0.15, 0.2) is 24.5 Å². The van der Waals surface area contributed by atoms with Crippen molar-refractivity contribution in [2.45, 2.75) is 25.4 Å². The summed E-state index contributed by atoms with van der Waals surface area (Å²) in [5.74, 6) is 0.937. The molecule has 0 spiro atoms. The molecule has 132 valence electrons. The second-order valence-corrected chi connectivity index (χ2v) is 8.70. The van der Waals surface area contributed by atoms with Crippen LogP contribution in [-0.2, 0) is 22.8 Å². The Morgan fingerprint density at radius 3 is 3.00 bits per heavy atom. The molecule has 0 radical (unpaired) electrons. The predicted octanol–water partition coefficient (Wildman–Crippen LogP) is 0.726. The van der Waals surface area contributed by atoms with Crippen LogP contribution in [0.4, 0.5) is 4.79 Å². The Balaban J connectivity index is 1.44. The van der Waals surface area contributed by atoms with Gasteiger partial charge in [0, 0.05) is 37.0 Å².